The number of nitrogens with zero attached hydrogens (tertiary/aromatic N) is 1. The lowest BCUT2D eigenvalue weighted by Crippen LogP contribution is -2.44. The van der Waals surface area contributed by atoms with Crippen LogP contribution in [0.1, 0.15) is 22.0 Å². The fourth-order valence-corrected chi connectivity index (χ4v) is 4.69. The first kappa shape index (κ1) is 20.2. The highest BCUT2D eigenvalue weighted by Gasteiger charge is 2.28. The van der Waals surface area contributed by atoms with Crippen LogP contribution in [0.2, 0.25) is 0 Å². The van der Waals surface area contributed by atoms with Crippen molar-refractivity contribution in [3.05, 3.63) is 88.1 Å². The molecule has 0 radical (unpaired) electrons. The van der Waals surface area contributed by atoms with E-state index in [0.29, 0.717) is 19.5 Å². The Morgan fingerprint density at radius 1 is 0.933 bits per heavy atom. The van der Waals surface area contributed by atoms with Gasteiger partial charge in [0.15, 0.2) is 0 Å². The summed E-state index contributed by atoms with van der Waals surface area (Å²) in [6.45, 7) is 1.73. The van der Waals surface area contributed by atoms with Gasteiger partial charge >= 0.3 is 11.8 Å². The fourth-order valence-electron chi connectivity index (χ4n) is 3.85. The number of hydrogen-bond acceptors (Lipinski definition) is 4. The second-order valence-electron chi connectivity index (χ2n) is 7.30. The molecule has 2 heterocycles. The van der Waals surface area contributed by atoms with E-state index in [0.717, 1.165) is 18.5 Å². The van der Waals surface area contributed by atoms with Gasteiger partial charge in [0.1, 0.15) is 0 Å². The Morgan fingerprint density at radius 2 is 1.70 bits per heavy atom. The first-order valence-corrected chi connectivity index (χ1v) is 11.1. The van der Waals surface area contributed by atoms with E-state index in [9.17, 15) is 9.59 Å². The summed E-state index contributed by atoms with van der Waals surface area (Å²) in [6, 6.07) is 22.4. The van der Waals surface area contributed by atoms with Crippen LogP contribution in [0, 0.1) is 0 Å². The smallest absolute Gasteiger partial charge is 0.309 e. The maximum absolute atomic E-state index is 12.4. The van der Waals surface area contributed by atoms with Gasteiger partial charge < -0.3 is 15.5 Å². The van der Waals surface area contributed by atoms with Crippen molar-refractivity contribution < 1.29 is 9.59 Å². The quantitative estimate of drug-likeness (QED) is 0.578. The minimum atomic E-state index is -0.586. The number of thiophene rings is 1. The van der Waals surface area contributed by atoms with Gasteiger partial charge in [-0.3, -0.25) is 9.59 Å². The molecule has 2 N–H and O–H groups in total. The number of anilines is 1. The normalized spacial score (nSPS) is 13.5. The second kappa shape index (κ2) is 9.59. The van der Waals surface area contributed by atoms with E-state index in [4.69, 9.17) is 0 Å². The minimum Gasteiger partial charge on any atom is -0.361 e. The van der Waals surface area contributed by atoms with Crippen LogP contribution in [0.5, 0.6) is 0 Å². The number of nitrogens with one attached hydrogen (secondary N) is 2. The van der Waals surface area contributed by atoms with Crippen LogP contribution in [0.25, 0.3) is 0 Å². The maximum atomic E-state index is 12.4. The molecule has 1 unspecified atom stereocenters. The van der Waals surface area contributed by atoms with Crippen molar-refractivity contribution in [2.75, 3.05) is 24.5 Å². The number of hydrogen-bond donors (Lipinski definition) is 2. The monoisotopic (exact) mass is 419 g/mol. The lowest BCUT2D eigenvalue weighted by molar-refractivity contribution is -0.139. The van der Waals surface area contributed by atoms with E-state index in [-0.39, 0.29) is 6.04 Å². The molecule has 0 aliphatic carbocycles. The van der Waals surface area contributed by atoms with Gasteiger partial charge in [0.05, 0.1) is 6.04 Å². The van der Waals surface area contributed by atoms with Gasteiger partial charge in [-0.15, -0.1) is 11.3 Å². The molecule has 5 nitrogen and oxygen atoms in total. The number of carbonyl (C=O) groups excluding carboxylic acids is 2. The highest BCUT2D eigenvalue weighted by Crippen LogP contribution is 2.36. The van der Waals surface area contributed by atoms with Crippen molar-refractivity contribution in [3.63, 3.8) is 0 Å². The summed E-state index contributed by atoms with van der Waals surface area (Å²) in [6.07, 6.45) is 1.69. The Balaban J connectivity index is 1.35. The lowest BCUT2D eigenvalue weighted by Gasteiger charge is -2.30. The van der Waals surface area contributed by atoms with Gasteiger partial charge in [-0.2, -0.15) is 0 Å². The molecule has 2 aromatic carbocycles. The Labute approximate surface area is 180 Å². The van der Waals surface area contributed by atoms with Crippen LogP contribution in [0.15, 0.2) is 72.1 Å². The van der Waals surface area contributed by atoms with E-state index in [1.54, 1.807) is 11.3 Å². The van der Waals surface area contributed by atoms with Crippen LogP contribution in [-0.4, -0.2) is 31.4 Å². The Kier molecular flexibility index (Phi) is 6.44. The van der Waals surface area contributed by atoms with Crippen LogP contribution >= 0.6 is 11.3 Å². The van der Waals surface area contributed by atoms with Crippen molar-refractivity contribution in [2.45, 2.75) is 18.9 Å². The zero-order valence-electron chi connectivity index (χ0n) is 16.7. The number of fused-ring (bicyclic) bond motifs is 1. The molecular weight excluding hydrogens is 394 g/mol. The summed E-state index contributed by atoms with van der Waals surface area (Å²) in [4.78, 5) is 28.1. The minimum absolute atomic E-state index is 0.00900. The van der Waals surface area contributed by atoms with Crippen LogP contribution in [0.3, 0.4) is 0 Å². The van der Waals surface area contributed by atoms with Crippen molar-refractivity contribution in [2.24, 2.45) is 0 Å². The first-order valence-electron chi connectivity index (χ1n) is 10.2. The molecule has 0 saturated carbocycles. The standard InChI is InChI=1S/C24H25N3O2S/c28-23(25-14-12-18-7-2-1-3-8-18)24(29)26-17-21(22-11-6-16-30-22)27-15-13-19-9-4-5-10-20(19)27/h1-11,16,21H,12-15,17H2,(H,25,28)(H,26,29). The van der Waals surface area contributed by atoms with Crippen LogP contribution in [0.4, 0.5) is 5.69 Å². The third kappa shape index (κ3) is 4.71. The van der Waals surface area contributed by atoms with Crippen molar-refractivity contribution in [1.29, 1.82) is 0 Å². The molecule has 0 spiro atoms. The van der Waals surface area contributed by atoms with Gasteiger partial charge in [-0.25, -0.2) is 0 Å². The molecule has 1 aromatic heterocycles. The fraction of sp³-hybridized carbons (Fsp3) is 0.250. The average Bonchev–Trinajstić information content (AvgIpc) is 3.45. The van der Waals surface area contributed by atoms with Gasteiger partial charge in [0.2, 0.25) is 0 Å². The Morgan fingerprint density at radius 3 is 2.50 bits per heavy atom. The summed E-state index contributed by atoms with van der Waals surface area (Å²) in [5.74, 6) is -1.17. The van der Waals surface area contributed by atoms with Gasteiger partial charge in [0.25, 0.3) is 0 Å². The molecule has 0 saturated heterocycles. The largest absolute Gasteiger partial charge is 0.361 e. The van der Waals surface area contributed by atoms with E-state index in [2.05, 4.69) is 39.8 Å². The summed E-state index contributed by atoms with van der Waals surface area (Å²) in [7, 11) is 0. The predicted octanol–water partition coefficient (Wildman–Crippen LogP) is 3.33. The molecule has 0 bridgehead atoms. The molecule has 1 aliphatic rings. The zero-order valence-corrected chi connectivity index (χ0v) is 17.5. The van der Waals surface area contributed by atoms with E-state index in [1.807, 2.05) is 47.8 Å². The summed E-state index contributed by atoms with van der Waals surface area (Å²) in [5.41, 5.74) is 3.66. The van der Waals surface area contributed by atoms with E-state index < -0.39 is 11.8 Å². The first-order chi connectivity index (χ1) is 14.7. The number of rotatable bonds is 7. The molecule has 154 valence electrons. The van der Waals surface area contributed by atoms with Crippen LogP contribution in [-0.2, 0) is 22.4 Å². The molecule has 1 aliphatic heterocycles. The highest BCUT2D eigenvalue weighted by atomic mass is 32.1. The van der Waals surface area contributed by atoms with Crippen molar-refractivity contribution in [3.8, 4) is 0 Å². The molecule has 6 heteroatoms. The summed E-state index contributed by atoms with van der Waals surface area (Å²) in [5, 5.41) is 7.60. The molecule has 0 fully saturated rings. The summed E-state index contributed by atoms with van der Waals surface area (Å²) < 4.78 is 0. The SMILES string of the molecule is O=C(NCCc1ccccc1)C(=O)NCC(c1cccs1)N1CCc2ccccc21. The highest BCUT2D eigenvalue weighted by molar-refractivity contribution is 7.10. The lowest BCUT2D eigenvalue weighted by atomic mass is 10.1. The van der Waals surface area contributed by atoms with Gasteiger partial charge in [-0.1, -0.05) is 54.6 Å². The van der Waals surface area contributed by atoms with Gasteiger partial charge in [0, 0.05) is 30.2 Å². The van der Waals surface area contributed by atoms with Gasteiger partial charge in [-0.05, 0) is 41.5 Å². The van der Waals surface area contributed by atoms with Crippen molar-refractivity contribution in [1.82, 2.24) is 10.6 Å². The number of para-hydroxylation sites is 1. The molecule has 4 rings (SSSR count). The van der Waals surface area contributed by atoms with Crippen LogP contribution < -0.4 is 15.5 Å². The van der Waals surface area contributed by atoms with Crippen molar-refractivity contribution >= 4 is 28.8 Å². The number of benzene rings is 2. The molecular formula is C24H25N3O2S. The molecule has 2 amide bonds. The number of amides is 2. The topological polar surface area (TPSA) is 61.4 Å². The molecule has 3 aromatic rings. The average molecular weight is 420 g/mol. The predicted molar refractivity (Wildman–Crippen MR) is 121 cm³/mol. The Hall–Kier alpha value is -3.12. The summed E-state index contributed by atoms with van der Waals surface area (Å²) >= 11 is 1.67. The molecule has 30 heavy (non-hydrogen) atoms. The van der Waals surface area contributed by atoms with E-state index in [1.165, 1.54) is 16.1 Å². The zero-order chi connectivity index (χ0) is 20.8. The van der Waals surface area contributed by atoms with E-state index >= 15 is 0 Å². The maximum Gasteiger partial charge on any atom is 0.309 e. The molecule has 1 atom stereocenters. The number of carbonyl (C=O) groups is 2. The second-order valence-corrected chi connectivity index (χ2v) is 8.28. The third-order valence-corrected chi connectivity index (χ3v) is 6.35. The Bertz CT molecular complexity index is 989. The third-order valence-electron chi connectivity index (χ3n) is 5.38.